The van der Waals surface area contributed by atoms with E-state index in [-0.39, 0.29) is 19.5 Å². The minimum atomic E-state index is 0. The number of hydrogen-bond donors (Lipinski definition) is 5. The molecule has 5 rings (SSSR count). The average Bonchev–Trinajstić information content (AvgIpc) is 2.88. The average molecular weight is 616 g/mol. The Morgan fingerprint density at radius 1 is 0.222 bits per heavy atom. The molecule has 0 saturated heterocycles. The molecule has 0 aliphatic carbocycles. The van der Waals surface area contributed by atoms with Gasteiger partial charge in [0.1, 0.15) is 0 Å². The first-order valence-electron chi connectivity index (χ1n) is 10.7. The van der Waals surface area contributed by atoms with Gasteiger partial charge in [0.25, 0.3) is 0 Å². The van der Waals surface area contributed by atoms with Crippen LogP contribution in [0.3, 0.4) is 0 Å². The minimum absolute atomic E-state index is 0. The molecule has 5 aromatic rings. The molecule has 0 spiro atoms. The van der Waals surface area contributed by atoms with Crippen LogP contribution in [0.25, 0.3) is 0 Å². The molecule has 0 aliphatic heterocycles. The van der Waals surface area contributed by atoms with Gasteiger partial charge < -0.3 is 0 Å². The number of thiol groups is 5. The minimum Gasteiger partial charge on any atom is -0.143 e. The Labute approximate surface area is 256 Å². The van der Waals surface area contributed by atoms with Crippen molar-refractivity contribution in [3.63, 3.8) is 0 Å². The summed E-state index contributed by atoms with van der Waals surface area (Å²) in [5.74, 6) is 0. The molecule has 0 heterocycles. The Morgan fingerprint density at radius 3 is 0.389 bits per heavy atom. The third-order valence-electron chi connectivity index (χ3n) is 3.78. The maximum absolute atomic E-state index is 4.08. The molecule has 0 radical (unpaired) electrons. The molecule has 182 valence electrons. The van der Waals surface area contributed by atoms with Crippen LogP contribution >= 0.6 is 63.1 Å². The second kappa shape index (κ2) is 23.8. The topological polar surface area (TPSA) is 0 Å². The van der Waals surface area contributed by atoms with Gasteiger partial charge in [0.15, 0.2) is 0 Å². The molecule has 0 atom stereocenters. The summed E-state index contributed by atoms with van der Waals surface area (Å²) in [7, 11) is 0. The van der Waals surface area contributed by atoms with Gasteiger partial charge in [0.05, 0.1) is 0 Å². The molecule has 0 aromatic heterocycles. The van der Waals surface area contributed by atoms with Crippen molar-refractivity contribution in [1.82, 2.24) is 0 Å². The predicted octanol–water partition coefficient (Wildman–Crippen LogP) is 9.87. The van der Waals surface area contributed by atoms with E-state index in [1.807, 2.05) is 152 Å². The summed E-state index contributed by atoms with van der Waals surface area (Å²) in [5.41, 5.74) is 0. The van der Waals surface area contributed by atoms with Gasteiger partial charge in [0.2, 0.25) is 0 Å². The Hall–Kier alpha value is -1.53. The molecule has 0 saturated carbocycles. The summed E-state index contributed by atoms with van der Waals surface area (Å²) < 4.78 is 0. The van der Waals surface area contributed by atoms with E-state index in [1.54, 1.807) is 0 Å². The second-order valence-corrected chi connectivity index (χ2v) is 9.26. The molecule has 36 heavy (non-hydrogen) atoms. The van der Waals surface area contributed by atoms with Gasteiger partial charge in [-0.25, -0.2) is 0 Å². The Balaban J connectivity index is 0.000000422. The van der Waals surface area contributed by atoms with Gasteiger partial charge in [0, 0.05) is 44.0 Å². The van der Waals surface area contributed by atoms with Crippen molar-refractivity contribution >= 4 is 63.1 Å². The van der Waals surface area contributed by atoms with Crippen LogP contribution in [-0.2, 0) is 19.5 Å². The van der Waals surface area contributed by atoms with Crippen LogP contribution in [0, 0.1) is 0 Å². The van der Waals surface area contributed by atoms with Gasteiger partial charge in [-0.15, -0.1) is 63.1 Å². The summed E-state index contributed by atoms with van der Waals surface area (Å²) in [6.07, 6.45) is 0. The van der Waals surface area contributed by atoms with Crippen molar-refractivity contribution in [2.24, 2.45) is 0 Å². The van der Waals surface area contributed by atoms with Gasteiger partial charge >= 0.3 is 0 Å². The van der Waals surface area contributed by atoms with Crippen LogP contribution in [-0.4, -0.2) is 0 Å². The molecular weight excluding hydrogens is 586 g/mol. The Bertz CT molecular complexity index is 895. The van der Waals surface area contributed by atoms with E-state index in [1.165, 1.54) is 0 Å². The number of rotatable bonds is 0. The van der Waals surface area contributed by atoms with E-state index in [0.717, 1.165) is 24.5 Å². The van der Waals surface area contributed by atoms with E-state index in [4.69, 9.17) is 0 Å². The zero-order valence-corrected chi connectivity index (χ0v) is 27.3. The molecule has 0 bridgehead atoms. The van der Waals surface area contributed by atoms with E-state index >= 15 is 0 Å². The van der Waals surface area contributed by atoms with E-state index in [2.05, 4.69) is 63.1 Å². The van der Waals surface area contributed by atoms with Crippen molar-refractivity contribution in [2.45, 2.75) is 24.5 Å². The molecular formula is C30H30S5Zn. The fourth-order valence-electron chi connectivity index (χ4n) is 2.14. The maximum Gasteiger partial charge on any atom is 0.00399 e. The quantitative estimate of drug-likeness (QED) is 0.0831. The second-order valence-electron chi connectivity index (χ2n) is 6.68. The van der Waals surface area contributed by atoms with Crippen molar-refractivity contribution in [2.75, 3.05) is 0 Å². The standard InChI is InChI=1S/5C6H6S.Zn/c5*7-6-4-2-1-3-5-6;/h5*1-5,7H;. The molecule has 0 aliphatic rings. The van der Waals surface area contributed by atoms with Crippen molar-refractivity contribution in [3.8, 4) is 0 Å². The molecule has 0 N–H and O–H groups in total. The molecule has 0 fully saturated rings. The van der Waals surface area contributed by atoms with Gasteiger partial charge in [-0.2, -0.15) is 0 Å². The van der Waals surface area contributed by atoms with Gasteiger partial charge in [-0.3, -0.25) is 0 Å². The zero-order chi connectivity index (χ0) is 25.6. The maximum atomic E-state index is 4.08. The summed E-state index contributed by atoms with van der Waals surface area (Å²) in [4.78, 5) is 5.08. The normalized spacial score (nSPS) is 8.47. The van der Waals surface area contributed by atoms with Crippen molar-refractivity contribution in [3.05, 3.63) is 152 Å². The molecule has 0 nitrogen and oxygen atoms in total. The number of benzene rings is 5. The third-order valence-corrected chi connectivity index (χ3v) is 5.27. The van der Waals surface area contributed by atoms with E-state index < -0.39 is 0 Å². The smallest absolute Gasteiger partial charge is 0.00399 e. The van der Waals surface area contributed by atoms with Crippen molar-refractivity contribution < 1.29 is 19.5 Å². The summed E-state index contributed by atoms with van der Waals surface area (Å²) >= 11 is 20.4. The summed E-state index contributed by atoms with van der Waals surface area (Å²) in [6, 6.07) is 48.9. The van der Waals surface area contributed by atoms with Gasteiger partial charge in [-0.1, -0.05) is 91.0 Å². The van der Waals surface area contributed by atoms with E-state index in [9.17, 15) is 0 Å². The van der Waals surface area contributed by atoms with Crippen LogP contribution in [0.1, 0.15) is 0 Å². The van der Waals surface area contributed by atoms with E-state index in [0.29, 0.717) is 0 Å². The van der Waals surface area contributed by atoms with Crippen LogP contribution in [0.2, 0.25) is 0 Å². The SMILES string of the molecule is Sc1ccccc1.Sc1ccccc1.Sc1ccccc1.Sc1ccccc1.Sc1ccccc1.[Zn]. The van der Waals surface area contributed by atoms with Crippen LogP contribution in [0.15, 0.2) is 176 Å². The molecule has 6 heteroatoms. The Kier molecular flexibility index (Phi) is 22.8. The van der Waals surface area contributed by atoms with Crippen LogP contribution in [0.4, 0.5) is 0 Å². The van der Waals surface area contributed by atoms with Crippen LogP contribution < -0.4 is 0 Å². The zero-order valence-electron chi connectivity index (χ0n) is 19.9. The van der Waals surface area contributed by atoms with Crippen LogP contribution in [0.5, 0.6) is 0 Å². The number of hydrogen-bond acceptors (Lipinski definition) is 5. The summed E-state index contributed by atoms with van der Waals surface area (Å²) in [5, 5.41) is 0. The molecule has 5 aromatic carbocycles. The van der Waals surface area contributed by atoms with Crippen molar-refractivity contribution in [1.29, 1.82) is 0 Å². The fraction of sp³-hybridized carbons (Fsp3) is 0. The first-order valence-corrected chi connectivity index (χ1v) is 12.9. The third kappa shape index (κ3) is 21.7. The van der Waals surface area contributed by atoms with Gasteiger partial charge in [-0.05, 0) is 60.7 Å². The summed E-state index contributed by atoms with van der Waals surface area (Å²) in [6.45, 7) is 0. The Morgan fingerprint density at radius 2 is 0.333 bits per heavy atom. The largest absolute Gasteiger partial charge is 0.143 e. The fourth-order valence-corrected chi connectivity index (χ4v) is 3.00. The molecule has 0 unspecified atom stereocenters. The first kappa shape index (κ1) is 34.5. The first-order chi connectivity index (χ1) is 17.0. The monoisotopic (exact) mass is 614 g/mol. The predicted molar refractivity (Wildman–Crippen MR) is 168 cm³/mol. The molecule has 0 amide bonds.